The monoisotopic (exact) mass is 1070 g/mol. The third-order valence-corrected chi connectivity index (χ3v) is 13.0. The van der Waals surface area contributed by atoms with Gasteiger partial charge in [0.1, 0.15) is 5.58 Å². The van der Waals surface area contributed by atoms with E-state index in [1.807, 2.05) is 54.7 Å². The first-order valence-corrected chi connectivity index (χ1v) is 23.5. The molecular formula is C62H57IrN3O2-2. The molecule has 0 bridgehead atoms. The first-order valence-electron chi connectivity index (χ1n) is 23.5. The Labute approximate surface area is 413 Å². The Balaban J connectivity index is 0.000000289. The second-order valence-electron chi connectivity index (χ2n) is 20.5. The smallest absolute Gasteiger partial charge is 0.177 e. The van der Waals surface area contributed by atoms with E-state index < -0.39 is 0 Å². The Bertz CT molecular complexity index is 3570. The standard InChI is InChI=1S/C47H41N2O2.C15H16N.Ir/c1-27(2)37-24-30(29-14-9-8-10-15-29)25-38(28(3)4)42(37)49-40-23-20-31(47(5,6)7)26-39(40)48-46(49)36-18-13-17-33-35-22-21-34-32-16-11-12-19-41(32)50-44(34)45(35)51-43(33)36;1-15(2,3)13-9-10-16-14(11-13)12-7-5-4-6-8-12;/h8-17,19-28H,1-7H3;4-7,9-11H,1-3H3;/q2*-1;. The summed E-state index contributed by atoms with van der Waals surface area (Å²) in [5.74, 6) is 1.33. The molecule has 11 rings (SSSR count). The fourth-order valence-electron chi connectivity index (χ4n) is 9.30. The Morgan fingerprint density at radius 2 is 1.18 bits per heavy atom. The average Bonchev–Trinajstić information content (AvgIpc) is 4.03. The summed E-state index contributed by atoms with van der Waals surface area (Å²) in [5, 5.41) is 4.16. The fraction of sp³-hybridized carbons (Fsp3) is 0.226. The van der Waals surface area contributed by atoms with Crippen LogP contribution in [0, 0.1) is 12.1 Å². The number of furan rings is 2. The van der Waals surface area contributed by atoms with E-state index in [4.69, 9.17) is 13.8 Å². The van der Waals surface area contributed by atoms with Crippen molar-refractivity contribution >= 4 is 54.9 Å². The number of pyridine rings is 1. The van der Waals surface area contributed by atoms with Gasteiger partial charge in [0.25, 0.3) is 0 Å². The maximum atomic E-state index is 6.90. The maximum Gasteiger partial charge on any atom is 0.177 e. The molecule has 6 heteroatoms. The van der Waals surface area contributed by atoms with Crippen LogP contribution < -0.4 is 0 Å². The number of hydrogen-bond donors (Lipinski definition) is 0. The molecule has 0 aliphatic carbocycles. The number of nitrogens with zero attached hydrogens (tertiary/aromatic N) is 3. The molecule has 0 saturated carbocycles. The van der Waals surface area contributed by atoms with E-state index >= 15 is 0 Å². The number of para-hydroxylation sites is 1. The summed E-state index contributed by atoms with van der Waals surface area (Å²) in [7, 11) is 0. The molecule has 0 amide bonds. The minimum atomic E-state index is -0.0233. The molecule has 0 unspecified atom stereocenters. The summed E-state index contributed by atoms with van der Waals surface area (Å²) in [6, 6.07) is 57.8. The van der Waals surface area contributed by atoms with Gasteiger partial charge in [0, 0.05) is 48.1 Å². The summed E-state index contributed by atoms with van der Waals surface area (Å²) in [6.45, 7) is 22.6. The molecule has 11 aromatic rings. The van der Waals surface area contributed by atoms with Gasteiger partial charge in [-0.15, -0.1) is 54.1 Å². The van der Waals surface area contributed by atoms with Crippen molar-refractivity contribution in [1.29, 1.82) is 0 Å². The van der Waals surface area contributed by atoms with Gasteiger partial charge in [-0.3, -0.25) is 4.98 Å². The van der Waals surface area contributed by atoms with Crippen LogP contribution in [0.2, 0.25) is 0 Å². The third kappa shape index (κ3) is 8.50. The van der Waals surface area contributed by atoms with Crippen molar-refractivity contribution in [3.05, 3.63) is 186 Å². The zero-order chi connectivity index (χ0) is 46.8. The van der Waals surface area contributed by atoms with Gasteiger partial charge >= 0.3 is 0 Å². The molecule has 343 valence electrons. The molecule has 0 fully saturated rings. The van der Waals surface area contributed by atoms with Crippen molar-refractivity contribution in [2.75, 3.05) is 0 Å². The van der Waals surface area contributed by atoms with Gasteiger partial charge in [-0.1, -0.05) is 147 Å². The SMILES string of the molecule is CC(C)(C)c1ccnc(-c2[c-]cccc2)c1.CC(C)c1cc(-c2ccccc2)cc(C(C)C)c1-n1c(-c2[c-]ccc3c2oc2c3ccc3c4ccccc4oc32)nc2cc(C(C)(C)C)ccc21.[Ir]. The van der Waals surface area contributed by atoms with Crippen LogP contribution in [0.15, 0.2) is 161 Å². The van der Waals surface area contributed by atoms with Crippen molar-refractivity contribution in [3.8, 4) is 39.5 Å². The fourth-order valence-corrected chi connectivity index (χ4v) is 9.30. The van der Waals surface area contributed by atoms with E-state index in [-0.39, 0.29) is 42.8 Å². The van der Waals surface area contributed by atoms with E-state index in [0.717, 1.165) is 77.6 Å². The van der Waals surface area contributed by atoms with Crippen molar-refractivity contribution in [1.82, 2.24) is 14.5 Å². The van der Waals surface area contributed by atoms with Crippen molar-refractivity contribution in [3.63, 3.8) is 0 Å². The average molecular weight is 1070 g/mol. The molecule has 4 heterocycles. The van der Waals surface area contributed by atoms with Gasteiger partial charge in [-0.25, -0.2) is 0 Å². The Hall–Kier alpha value is -6.59. The van der Waals surface area contributed by atoms with E-state index in [1.54, 1.807) is 0 Å². The van der Waals surface area contributed by atoms with Crippen LogP contribution in [0.5, 0.6) is 0 Å². The normalized spacial score (nSPS) is 12.1. The molecule has 1 radical (unpaired) electrons. The first kappa shape index (κ1) is 46.5. The number of aromatic nitrogens is 3. The van der Waals surface area contributed by atoms with Gasteiger partial charge in [-0.05, 0) is 104 Å². The van der Waals surface area contributed by atoms with Crippen molar-refractivity contribution < 1.29 is 28.9 Å². The van der Waals surface area contributed by atoms with Crippen LogP contribution in [0.25, 0.3) is 94.4 Å². The minimum Gasteiger partial charge on any atom is -0.497 e. The maximum absolute atomic E-state index is 6.90. The molecular weight excluding hydrogens is 1010 g/mol. The summed E-state index contributed by atoms with van der Waals surface area (Å²) in [6.07, 6.45) is 1.87. The largest absolute Gasteiger partial charge is 0.497 e. The van der Waals surface area contributed by atoms with E-state index in [2.05, 4.69) is 188 Å². The summed E-state index contributed by atoms with van der Waals surface area (Å²) < 4.78 is 15.7. The molecule has 7 aromatic carbocycles. The van der Waals surface area contributed by atoms with Crippen LogP contribution in [0.1, 0.15) is 103 Å². The van der Waals surface area contributed by atoms with E-state index in [9.17, 15) is 0 Å². The van der Waals surface area contributed by atoms with Crippen LogP contribution in [0.3, 0.4) is 0 Å². The molecule has 0 aliphatic heterocycles. The molecule has 4 aromatic heterocycles. The van der Waals surface area contributed by atoms with Gasteiger partial charge in [0.2, 0.25) is 0 Å². The summed E-state index contributed by atoms with van der Waals surface area (Å²) in [5.41, 5.74) is 16.9. The third-order valence-electron chi connectivity index (χ3n) is 13.0. The second kappa shape index (κ2) is 18.1. The minimum absolute atomic E-state index is 0. The first-order chi connectivity index (χ1) is 32.2. The number of imidazole rings is 1. The zero-order valence-corrected chi connectivity index (χ0v) is 43.0. The molecule has 0 spiro atoms. The van der Waals surface area contributed by atoms with Crippen LogP contribution >= 0.6 is 0 Å². The molecule has 0 atom stereocenters. The number of fused-ring (bicyclic) bond motifs is 8. The predicted molar refractivity (Wildman–Crippen MR) is 279 cm³/mol. The number of rotatable bonds is 6. The zero-order valence-electron chi connectivity index (χ0n) is 40.6. The summed E-state index contributed by atoms with van der Waals surface area (Å²) >= 11 is 0. The van der Waals surface area contributed by atoms with Crippen LogP contribution in [-0.4, -0.2) is 14.5 Å². The number of benzene rings is 7. The molecule has 68 heavy (non-hydrogen) atoms. The molecule has 0 saturated heterocycles. The molecule has 0 N–H and O–H groups in total. The second-order valence-corrected chi connectivity index (χ2v) is 20.5. The van der Waals surface area contributed by atoms with Crippen molar-refractivity contribution in [2.24, 2.45) is 0 Å². The van der Waals surface area contributed by atoms with Gasteiger partial charge in [-0.2, -0.15) is 0 Å². The molecule has 5 nitrogen and oxygen atoms in total. The van der Waals surface area contributed by atoms with E-state index in [0.29, 0.717) is 0 Å². The van der Waals surface area contributed by atoms with Crippen LogP contribution in [-0.2, 0) is 30.9 Å². The Kier molecular flexibility index (Phi) is 12.4. The molecule has 0 aliphatic rings. The summed E-state index contributed by atoms with van der Waals surface area (Å²) in [4.78, 5) is 9.87. The Morgan fingerprint density at radius 1 is 0.544 bits per heavy atom. The topological polar surface area (TPSA) is 57.0 Å². The van der Waals surface area contributed by atoms with Crippen LogP contribution in [0.4, 0.5) is 0 Å². The van der Waals surface area contributed by atoms with E-state index in [1.165, 1.54) is 39.1 Å². The van der Waals surface area contributed by atoms with Gasteiger partial charge < -0.3 is 18.4 Å². The van der Waals surface area contributed by atoms with Crippen molar-refractivity contribution in [2.45, 2.75) is 91.9 Å². The van der Waals surface area contributed by atoms with Gasteiger partial charge in [0.15, 0.2) is 11.2 Å². The number of hydrogen-bond acceptors (Lipinski definition) is 4. The quantitative estimate of drug-likeness (QED) is 0.156. The predicted octanol–water partition coefficient (Wildman–Crippen LogP) is 17.3. The Morgan fingerprint density at radius 3 is 1.85 bits per heavy atom. The van der Waals surface area contributed by atoms with Gasteiger partial charge in [0.05, 0.1) is 22.4 Å².